The molecular weight excluding hydrogens is 337 g/mol. The van der Waals surface area contributed by atoms with Crippen molar-refractivity contribution in [2.45, 2.75) is 4.90 Å². The molecule has 1 heterocycles. The van der Waals surface area contributed by atoms with Gasteiger partial charge in [-0.3, -0.25) is 4.72 Å². The molecule has 0 fully saturated rings. The van der Waals surface area contributed by atoms with Crippen LogP contribution in [-0.2, 0) is 10.0 Å². The molecule has 0 saturated carbocycles. The lowest BCUT2D eigenvalue weighted by molar-refractivity contribution is 0.601. The molecule has 18 heavy (non-hydrogen) atoms. The number of benzene rings is 1. The second-order valence-electron chi connectivity index (χ2n) is 3.27. The number of halogens is 3. The minimum atomic E-state index is -3.79. The maximum atomic E-state index is 12.1. The summed E-state index contributed by atoms with van der Waals surface area (Å²) in [5.41, 5.74) is 0.289. The minimum Gasteiger partial charge on any atom is -0.278 e. The summed E-state index contributed by atoms with van der Waals surface area (Å²) in [6, 6.07) is 7.82. The van der Waals surface area contributed by atoms with Gasteiger partial charge in [0.05, 0.1) is 15.0 Å². The number of anilines is 1. The minimum absolute atomic E-state index is 0.0564. The molecule has 0 amide bonds. The molecule has 0 aliphatic rings. The van der Waals surface area contributed by atoms with E-state index in [0.717, 1.165) is 11.3 Å². The number of nitrogens with one attached hydrogen (secondary N) is 1. The maximum absolute atomic E-state index is 12.1. The molecule has 1 aromatic heterocycles. The molecule has 0 aliphatic carbocycles. The van der Waals surface area contributed by atoms with E-state index in [-0.39, 0.29) is 14.9 Å². The predicted molar refractivity (Wildman–Crippen MR) is 76.6 cm³/mol. The van der Waals surface area contributed by atoms with Gasteiger partial charge in [0, 0.05) is 0 Å². The van der Waals surface area contributed by atoms with Gasteiger partial charge in [-0.25, -0.2) is 8.42 Å². The monoisotopic (exact) mass is 341 g/mol. The van der Waals surface area contributed by atoms with Gasteiger partial charge in [0.1, 0.15) is 9.23 Å². The van der Waals surface area contributed by atoms with Crippen molar-refractivity contribution in [2.75, 3.05) is 4.72 Å². The molecule has 1 N–H and O–H groups in total. The van der Waals surface area contributed by atoms with Crippen molar-refractivity contribution < 1.29 is 8.42 Å². The van der Waals surface area contributed by atoms with E-state index < -0.39 is 10.0 Å². The van der Waals surface area contributed by atoms with Crippen molar-refractivity contribution >= 4 is 61.9 Å². The van der Waals surface area contributed by atoms with Gasteiger partial charge in [0.2, 0.25) is 0 Å². The molecule has 0 spiro atoms. The number of para-hydroxylation sites is 1. The number of hydrogen-bond donors (Lipinski definition) is 1. The Kier molecular flexibility index (Phi) is 4.08. The summed E-state index contributed by atoms with van der Waals surface area (Å²) in [6.07, 6.45) is 0. The highest BCUT2D eigenvalue weighted by Crippen LogP contribution is 2.35. The summed E-state index contributed by atoms with van der Waals surface area (Å²) in [4.78, 5) is -0.0564. The van der Waals surface area contributed by atoms with Crippen molar-refractivity contribution in [3.05, 3.63) is 44.0 Å². The molecule has 0 saturated heterocycles. The first-order valence-electron chi connectivity index (χ1n) is 4.62. The first-order chi connectivity index (χ1) is 8.40. The number of thiophene rings is 1. The maximum Gasteiger partial charge on any atom is 0.264 e. The largest absolute Gasteiger partial charge is 0.278 e. The quantitative estimate of drug-likeness (QED) is 0.892. The molecule has 8 heteroatoms. The van der Waals surface area contributed by atoms with Crippen molar-refractivity contribution in [3.8, 4) is 0 Å². The van der Waals surface area contributed by atoms with E-state index in [4.69, 9.17) is 34.8 Å². The Labute approximate surface area is 123 Å². The van der Waals surface area contributed by atoms with Crippen LogP contribution in [0, 0.1) is 0 Å². The normalized spacial score (nSPS) is 11.5. The Hall–Kier alpha value is -0.460. The molecule has 0 unspecified atom stereocenters. The van der Waals surface area contributed by atoms with Crippen LogP contribution < -0.4 is 4.72 Å². The molecular formula is C10H6Cl3NO2S2. The third-order valence-electron chi connectivity index (χ3n) is 2.03. The van der Waals surface area contributed by atoms with Crippen molar-refractivity contribution in [1.29, 1.82) is 0 Å². The molecule has 96 valence electrons. The lowest BCUT2D eigenvalue weighted by atomic mass is 10.3. The van der Waals surface area contributed by atoms with Gasteiger partial charge in [-0.2, -0.15) is 0 Å². The highest BCUT2D eigenvalue weighted by molar-refractivity contribution is 7.93. The molecule has 0 aliphatic heterocycles. The van der Waals surface area contributed by atoms with E-state index in [1.807, 2.05) is 0 Å². The highest BCUT2D eigenvalue weighted by atomic mass is 35.5. The Morgan fingerprint density at radius 3 is 2.33 bits per heavy atom. The summed E-state index contributed by atoms with van der Waals surface area (Å²) in [5, 5.41) is 0.304. The number of rotatable bonds is 3. The van der Waals surface area contributed by atoms with E-state index in [1.165, 1.54) is 6.07 Å². The van der Waals surface area contributed by atoms with Crippen molar-refractivity contribution in [2.24, 2.45) is 0 Å². The SMILES string of the molecule is O=S(=O)(Nc1ccccc1Cl)c1cc(Cl)sc1Cl. The predicted octanol–water partition coefficient (Wildman–Crippen LogP) is 4.51. The summed E-state index contributed by atoms with van der Waals surface area (Å²) in [6.45, 7) is 0. The molecule has 3 nitrogen and oxygen atoms in total. The molecule has 2 rings (SSSR count). The van der Waals surface area contributed by atoms with E-state index in [2.05, 4.69) is 4.72 Å². The Bertz CT molecular complexity index is 682. The summed E-state index contributed by atoms with van der Waals surface area (Å²) in [7, 11) is -3.79. The van der Waals surface area contributed by atoms with Gasteiger partial charge < -0.3 is 0 Å². The van der Waals surface area contributed by atoms with Crippen molar-refractivity contribution in [1.82, 2.24) is 0 Å². The first kappa shape index (κ1) is 14.0. The lowest BCUT2D eigenvalue weighted by Crippen LogP contribution is -2.12. The smallest absolute Gasteiger partial charge is 0.264 e. The van der Waals surface area contributed by atoms with Crippen LogP contribution in [0.1, 0.15) is 0 Å². The molecule has 0 bridgehead atoms. The fourth-order valence-electron chi connectivity index (χ4n) is 1.25. The molecule has 2 aromatic rings. The number of hydrogen-bond acceptors (Lipinski definition) is 3. The second-order valence-corrected chi connectivity index (χ2v) is 7.62. The van der Waals surface area contributed by atoms with Gasteiger partial charge in [-0.05, 0) is 18.2 Å². The van der Waals surface area contributed by atoms with Crippen LogP contribution in [0.4, 0.5) is 5.69 Å². The Morgan fingerprint density at radius 2 is 1.78 bits per heavy atom. The fraction of sp³-hybridized carbons (Fsp3) is 0. The van der Waals surface area contributed by atoms with Gasteiger partial charge in [-0.15, -0.1) is 11.3 Å². The van der Waals surface area contributed by atoms with E-state index in [9.17, 15) is 8.42 Å². The van der Waals surface area contributed by atoms with Crippen molar-refractivity contribution in [3.63, 3.8) is 0 Å². The van der Waals surface area contributed by atoms with Crippen LogP contribution in [0.2, 0.25) is 13.7 Å². The van der Waals surface area contributed by atoms with Crippen LogP contribution in [0.25, 0.3) is 0 Å². The average molecular weight is 343 g/mol. The van der Waals surface area contributed by atoms with Gasteiger partial charge in [0.25, 0.3) is 10.0 Å². The average Bonchev–Trinajstić information content (AvgIpc) is 2.62. The second kappa shape index (κ2) is 5.27. The standard InChI is InChI=1S/C10H6Cl3NO2S2/c11-6-3-1-2-4-7(6)14-18(15,16)8-5-9(12)17-10(8)13/h1-5,14H. The third kappa shape index (κ3) is 2.92. The van der Waals surface area contributed by atoms with Crippen LogP contribution in [0.3, 0.4) is 0 Å². The van der Waals surface area contributed by atoms with Crippen LogP contribution in [-0.4, -0.2) is 8.42 Å². The van der Waals surface area contributed by atoms with E-state index in [0.29, 0.717) is 9.36 Å². The van der Waals surface area contributed by atoms with Crippen LogP contribution >= 0.6 is 46.1 Å². The molecule has 0 atom stereocenters. The Morgan fingerprint density at radius 1 is 1.11 bits per heavy atom. The van der Waals surface area contributed by atoms with E-state index >= 15 is 0 Å². The summed E-state index contributed by atoms with van der Waals surface area (Å²) >= 11 is 18.4. The first-order valence-corrected chi connectivity index (χ1v) is 8.06. The summed E-state index contributed by atoms with van der Waals surface area (Å²) < 4.78 is 26.9. The zero-order chi connectivity index (χ0) is 13.3. The Balaban J connectivity index is 2.40. The lowest BCUT2D eigenvalue weighted by Gasteiger charge is -2.08. The molecule has 1 aromatic carbocycles. The number of sulfonamides is 1. The fourth-order valence-corrected chi connectivity index (χ4v) is 4.72. The summed E-state index contributed by atoms with van der Waals surface area (Å²) in [5.74, 6) is 0. The topological polar surface area (TPSA) is 46.2 Å². The van der Waals surface area contributed by atoms with Crippen LogP contribution in [0.15, 0.2) is 35.2 Å². The zero-order valence-electron chi connectivity index (χ0n) is 8.65. The van der Waals surface area contributed by atoms with Gasteiger partial charge >= 0.3 is 0 Å². The third-order valence-corrected chi connectivity index (χ3v) is 5.48. The van der Waals surface area contributed by atoms with Crippen LogP contribution in [0.5, 0.6) is 0 Å². The van der Waals surface area contributed by atoms with Gasteiger partial charge in [0.15, 0.2) is 0 Å². The zero-order valence-corrected chi connectivity index (χ0v) is 12.6. The highest BCUT2D eigenvalue weighted by Gasteiger charge is 2.21. The van der Waals surface area contributed by atoms with Gasteiger partial charge in [-0.1, -0.05) is 46.9 Å². The van der Waals surface area contributed by atoms with E-state index in [1.54, 1.807) is 24.3 Å². The molecule has 0 radical (unpaired) electrons.